The summed E-state index contributed by atoms with van der Waals surface area (Å²) in [5, 5.41) is 10.2. The zero-order valence-electron chi connectivity index (χ0n) is 12.9. The average molecular weight is 266 g/mol. The Morgan fingerprint density at radius 3 is 2.37 bits per heavy atom. The Morgan fingerprint density at radius 1 is 1.32 bits per heavy atom. The Morgan fingerprint density at radius 2 is 1.95 bits per heavy atom. The van der Waals surface area contributed by atoms with E-state index in [1.807, 2.05) is 20.9 Å². The largest absolute Gasteiger partial charge is 0.335 e. The molecule has 0 bridgehead atoms. The minimum absolute atomic E-state index is 0.154. The maximum atomic E-state index is 12.1. The molecule has 5 nitrogen and oxygen atoms in total. The number of nitrogens with one attached hydrogen (secondary N) is 2. The highest BCUT2D eigenvalue weighted by atomic mass is 16.2. The molecule has 1 aromatic rings. The molecule has 2 N–H and O–H groups in total. The second kappa shape index (κ2) is 6.59. The number of rotatable bonds is 5. The summed E-state index contributed by atoms with van der Waals surface area (Å²) in [6.45, 7) is 10.3. The molecule has 0 unspecified atom stereocenters. The quantitative estimate of drug-likeness (QED) is 0.860. The Balaban J connectivity index is 2.69. The van der Waals surface area contributed by atoms with Crippen LogP contribution in [0.25, 0.3) is 0 Å². The van der Waals surface area contributed by atoms with Gasteiger partial charge in [0.25, 0.3) is 0 Å². The van der Waals surface area contributed by atoms with Gasteiger partial charge in [-0.1, -0.05) is 27.2 Å². The van der Waals surface area contributed by atoms with Crippen LogP contribution in [-0.4, -0.2) is 21.9 Å². The van der Waals surface area contributed by atoms with Crippen molar-refractivity contribution in [3.8, 4) is 0 Å². The van der Waals surface area contributed by atoms with Gasteiger partial charge in [-0.2, -0.15) is 5.10 Å². The van der Waals surface area contributed by atoms with E-state index in [9.17, 15) is 4.79 Å². The van der Waals surface area contributed by atoms with E-state index in [4.69, 9.17) is 0 Å². The lowest BCUT2D eigenvalue weighted by Gasteiger charge is -2.23. The van der Waals surface area contributed by atoms with Crippen molar-refractivity contribution < 1.29 is 4.79 Å². The van der Waals surface area contributed by atoms with Gasteiger partial charge in [0.2, 0.25) is 0 Å². The summed E-state index contributed by atoms with van der Waals surface area (Å²) in [6, 6.07) is 0.0536. The molecule has 0 aliphatic rings. The van der Waals surface area contributed by atoms with Gasteiger partial charge in [-0.15, -0.1) is 0 Å². The summed E-state index contributed by atoms with van der Waals surface area (Å²) in [7, 11) is 1.83. The van der Waals surface area contributed by atoms with Gasteiger partial charge in [-0.25, -0.2) is 4.79 Å². The molecule has 0 saturated carbocycles. The van der Waals surface area contributed by atoms with Crippen LogP contribution < -0.4 is 10.6 Å². The van der Waals surface area contributed by atoms with Crippen molar-refractivity contribution in [1.29, 1.82) is 0 Å². The molecular weight excluding hydrogens is 240 g/mol. The number of urea groups is 1. The first-order valence-corrected chi connectivity index (χ1v) is 6.98. The number of nitrogens with zero attached hydrogens (tertiary/aromatic N) is 2. The lowest BCUT2D eigenvalue weighted by atomic mass is 9.97. The monoisotopic (exact) mass is 266 g/mol. The van der Waals surface area contributed by atoms with Crippen molar-refractivity contribution in [2.75, 3.05) is 5.32 Å². The summed E-state index contributed by atoms with van der Waals surface area (Å²) < 4.78 is 1.70. The van der Waals surface area contributed by atoms with Crippen LogP contribution in [0.4, 0.5) is 10.6 Å². The van der Waals surface area contributed by atoms with Crippen molar-refractivity contribution >= 4 is 11.8 Å². The first-order chi connectivity index (χ1) is 8.90. The van der Waals surface area contributed by atoms with Crippen LogP contribution in [0, 0.1) is 19.8 Å². The van der Waals surface area contributed by atoms with Gasteiger partial charge < -0.3 is 5.32 Å². The van der Waals surface area contributed by atoms with Crippen molar-refractivity contribution in [3.05, 3.63) is 11.3 Å². The molecule has 0 radical (unpaired) electrons. The molecule has 0 spiro atoms. The minimum atomic E-state index is -0.154. The molecule has 19 heavy (non-hydrogen) atoms. The minimum Gasteiger partial charge on any atom is -0.335 e. The Kier molecular flexibility index (Phi) is 5.39. The molecule has 1 heterocycles. The van der Waals surface area contributed by atoms with Crippen LogP contribution in [0.5, 0.6) is 0 Å². The molecule has 5 heteroatoms. The standard InChI is InChI=1S/C14H26N4O/c1-7-9(3)12(8-2)15-14(19)16-13-10(4)11(5)17-18(13)6/h9,12H,7-8H2,1-6H3,(H2,15,16,19)/t9-,12-/m1/s1. The first-order valence-electron chi connectivity index (χ1n) is 6.98. The molecule has 108 valence electrons. The van der Waals surface area contributed by atoms with Gasteiger partial charge in [-0.3, -0.25) is 10.00 Å². The van der Waals surface area contributed by atoms with Crippen molar-refractivity contribution in [3.63, 3.8) is 0 Å². The highest BCUT2D eigenvalue weighted by Gasteiger charge is 2.18. The first kappa shape index (κ1) is 15.5. The fourth-order valence-corrected chi connectivity index (χ4v) is 2.18. The number of amides is 2. The van der Waals surface area contributed by atoms with Crippen molar-refractivity contribution in [2.24, 2.45) is 13.0 Å². The second-order valence-corrected chi connectivity index (χ2v) is 5.18. The smallest absolute Gasteiger partial charge is 0.320 e. The predicted molar refractivity (Wildman–Crippen MR) is 78.4 cm³/mol. The zero-order chi connectivity index (χ0) is 14.6. The third kappa shape index (κ3) is 3.72. The Bertz CT molecular complexity index is 439. The van der Waals surface area contributed by atoms with Crippen molar-refractivity contribution in [1.82, 2.24) is 15.1 Å². The summed E-state index contributed by atoms with van der Waals surface area (Å²) in [4.78, 5) is 12.1. The number of aryl methyl sites for hydroxylation is 2. The van der Waals surface area contributed by atoms with Crippen molar-refractivity contribution in [2.45, 2.75) is 53.5 Å². The van der Waals surface area contributed by atoms with E-state index in [1.165, 1.54) is 0 Å². The summed E-state index contributed by atoms with van der Waals surface area (Å²) >= 11 is 0. The van der Waals surface area contributed by atoms with Gasteiger partial charge in [0.05, 0.1) is 5.69 Å². The number of anilines is 1. The van der Waals surface area contributed by atoms with E-state index in [0.717, 1.165) is 29.9 Å². The number of aromatic nitrogens is 2. The maximum absolute atomic E-state index is 12.1. The summed E-state index contributed by atoms with van der Waals surface area (Å²) in [5.74, 6) is 1.24. The van der Waals surface area contributed by atoms with E-state index < -0.39 is 0 Å². The van der Waals surface area contributed by atoms with Gasteiger partial charge in [-0.05, 0) is 26.2 Å². The topological polar surface area (TPSA) is 59.0 Å². The predicted octanol–water partition coefficient (Wildman–Crippen LogP) is 2.98. The van der Waals surface area contributed by atoms with E-state index in [-0.39, 0.29) is 12.1 Å². The fourth-order valence-electron chi connectivity index (χ4n) is 2.18. The molecule has 0 saturated heterocycles. The van der Waals surface area contributed by atoms with E-state index in [2.05, 4.69) is 36.5 Å². The van der Waals surface area contributed by atoms with Gasteiger partial charge in [0.1, 0.15) is 5.82 Å². The highest BCUT2D eigenvalue weighted by Crippen LogP contribution is 2.17. The lowest BCUT2D eigenvalue weighted by molar-refractivity contribution is 0.242. The normalized spacial score (nSPS) is 14.0. The van der Waals surface area contributed by atoms with Crippen LogP contribution in [0.3, 0.4) is 0 Å². The number of hydrogen-bond acceptors (Lipinski definition) is 2. The van der Waals surface area contributed by atoms with Crippen LogP contribution >= 0.6 is 0 Å². The number of hydrogen-bond donors (Lipinski definition) is 2. The molecule has 1 aromatic heterocycles. The Labute approximate surface area is 115 Å². The molecule has 0 aliphatic carbocycles. The molecule has 1 rings (SSSR count). The van der Waals surface area contributed by atoms with E-state index >= 15 is 0 Å². The average Bonchev–Trinajstić information content (AvgIpc) is 2.61. The lowest BCUT2D eigenvalue weighted by Crippen LogP contribution is -2.41. The summed E-state index contributed by atoms with van der Waals surface area (Å²) in [5.41, 5.74) is 1.95. The molecule has 0 aromatic carbocycles. The maximum Gasteiger partial charge on any atom is 0.320 e. The SMILES string of the molecule is CC[C@@H](C)[C@@H](CC)NC(=O)Nc1c(C)c(C)nn1C. The van der Waals surface area contributed by atoms with Crippen LogP contribution in [-0.2, 0) is 7.05 Å². The van der Waals surface area contributed by atoms with E-state index in [1.54, 1.807) is 4.68 Å². The Hall–Kier alpha value is -1.52. The van der Waals surface area contributed by atoms with Gasteiger partial charge in [0.15, 0.2) is 0 Å². The van der Waals surface area contributed by atoms with Gasteiger partial charge in [0, 0.05) is 18.7 Å². The van der Waals surface area contributed by atoms with Crippen LogP contribution in [0.1, 0.15) is 44.9 Å². The van der Waals surface area contributed by atoms with Crippen LogP contribution in [0.15, 0.2) is 0 Å². The van der Waals surface area contributed by atoms with Crippen LogP contribution in [0.2, 0.25) is 0 Å². The number of carbonyl (C=O) groups excluding carboxylic acids is 1. The second-order valence-electron chi connectivity index (χ2n) is 5.18. The zero-order valence-corrected chi connectivity index (χ0v) is 12.9. The molecule has 0 fully saturated rings. The molecule has 2 amide bonds. The number of carbonyl (C=O) groups is 1. The molecule has 0 aliphatic heterocycles. The fraction of sp³-hybridized carbons (Fsp3) is 0.714. The molecule has 2 atom stereocenters. The highest BCUT2D eigenvalue weighted by molar-refractivity contribution is 5.89. The third-order valence-electron chi connectivity index (χ3n) is 3.84. The summed E-state index contributed by atoms with van der Waals surface area (Å²) in [6.07, 6.45) is 1.99. The van der Waals surface area contributed by atoms with Gasteiger partial charge >= 0.3 is 6.03 Å². The molecular formula is C14H26N4O. The third-order valence-corrected chi connectivity index (χ3v) is 3.84. The van der Waals surface area contributed by atoms with E-state index in [0.29, 0.717) is 5.92 Å².